The molecule has 0 radical (unpaired) electrons. The third-order valence-electron chi connectivity index (χ3n) is 4.94. The Labute approximate surface area is 180 Å². The summed E-state index contributed by atoms with van der Waals surface area (Å²) in [6.07, 6.45) is 0.761. The molecule has 1 atom stereocenters. The van der Waals surface area contributed by atoms with Crippen molar-refractivity contribution >= 4 is 45.2 Å². The second-order valence-electron chi connectivity index (χ2n) is 7.61. The molecule has 0 saturated carbocycles. The van der Waals surface area contributed by atoms with E-state index in [1.807, 2.05) is 19.0 Å². The first kappa shape index (κ1) is 22.5. The molecule has 2 saturated heterocycles. The number of anilines is 1. The molecule has 4 amide bonds. The van der Waals surface area contributed by atoms with Crippen LogP contribution in [0.15, 0.2) is 23.1 Å². The first-order valence-electron chi connectivity index (χ1n) is 9.40. The Hall–Kier alpha value is -2.21. The Morgan fingerprint density at radius 2 is 2.07 bits per heavy atom. The number of hydrogen-bond acceptors (Lipinski definition) is 6. The van der Waals surface area contributed by atoms with Crippen molar-refractivity contribution in [2.75, 3.05) is 52.1 Å². The lowest BCUT2D eigenvalue weighted by atomic mass is 10.1. The van der Waals surface area contributed by atoms with Crippen LogP contribution in [0.2, 0.25) is 5.02 Å². The van der Waals surface area contributed by atoms with Crippen molar-refractivity contribution in [1.82, 2.24) is 19.4 Å². The van der Waals surface area contributed by atoms with Gasteiger partial charge in [-0.15, -0.1) is 0 Å². The third-order valence-corrected chi connectivity index (χ3v) is 7.29. The van der Waals surface area contributed by atoms with Crippen LogP contribution >= 0.6 is 11.6 Å². The zero-order chi connectivity index (χ0) is 22.1. The van der Waals surface area contributed by atoms with E-state index in [-0.39, 0.29) is 28.1 Å². The summed E-state index contributed by atoms with van der Waals surface area (Å²) in [5, 5.41) is 4.89. The molecule has 1 aromatic rings. The lowest BCUT2D eigenvalue weighted by Gasteiger charge is -2.19. The molecule has 2 fully saturated rings. The van der Waals surface area contributed by atoms with Gasteiger partial charge in [0.2, 0.25) is 15.9 Å². The van der Waals surface area contributed by atoms with Gasteiger partial charge in [0.25, 0.3) is 5.91 Å². The van der Waals surface area contributed by atoms with E-state index in [0.29, 0.717) is 13.1 Å². The number of amides is 4. The average Bonchev–Trinajstić information content (AvgIpc) is 3.25. The van der Waals surface area contributed by atoms with Gasteiger partial charge in [-0.3, -0.25) is 14.5 Å². The SMILES string of the molecule is CN(C)CC1CCN(S(=O)(=O)c2cc(NC(=O)CN3C(=O)CNC3=O)ccc2Cl)C1. The van der Waals surface area contributed by atoms with Crippen LogP contribution in [0.3, 0.4) is 0 Å². The van der Waals surface area contributed by atoms with Crippen LogP contribution < -0.4 is 10.6 Å². The molecule has 30 heavy (non-hydrogen) atoms. The summed E-state index contributed by atoms with van der Waals surface area (Å²) in [7, 11) is 0.0546. The van der Waals surface area contributed by atoms with E-state index in [0.717, 1.165) is 17.9 Å². The minimum absolute atomic E-state index is 0.0538. The van der Waals surface area contributed by atoms with E-state index < -0.39 is 34.4 Å². The van der Waals surface area contributed by atoms with Gasteiger partial charge in [0, 0.05) is 25.3 Å². The van der Waals surface area contributed by atoms with Gasteiger partial charge in [-0.2, -0.15) is 4.31 Å². The number of carbonyl (C=O) groups is 3. The second-order valence-corrected chi connectivity index (χ2v) is 9.93. The molecular formula is C18H24ClN5O5S. The largest absolute Gasteiger partial charge is 0.329 e. The number of rotatable bonds is 7. The number of hydrogen-bond donors (Lipinski definition) is 2. The molecule has 164 valence electrons. The summed E-state index contributed by atoms with van der Waals surface area (Å²) in [5.74, 6) is -0.894. The molecule has 0 aromatic heterocycles. The maximum absolute atomic E-state index is 13.1. The maximum Gasteiger partial charge on any atom is 0.325 e. The van der Waals surface area contributed by atoms with Gasteiger partial charge in [0.1, 0.15) is 11.4 Å². The summed E-state index contributed by atoms with van der Waals surface area (Å²) in [6.45, 7) is 0.978. The highest BCUT2D eigenvalue weighted by molar-refractivity contribution is 7.89. The number of carbonyl (C=O) groups excluding carboxylic acids is 3. The van der Waals surface area contributed by atoms with E-state index in [1.54, 1.807) is 0 Å². The lowest BCUT2D eigenvalue weighted by Crippen LogP contribution is -2.38. The molecule has 2 aliphatic heterocycles. The lowest BCUT2D eigenvalue weighted by molar-refractivity contribution is -0.128. The summed E-state index contributed by atoms with van der Waals surface area (Å²) in [6, 6.07) is 3.51. The van der Waals surface area contributed by atoms with Crippen LogP contribution in [0, 0.1) is 5.92 Å². The number of halogens is 1. The average molecular weight is 458 g/mol. The van der Waals surface area contributed by atoms with E-state index in [1.165, 1.54) is 22.5 Å². The molecule has 0 spiro atoms. The number of imide groups is 1. The van der Waals surface area contributed by atoms with E-state index in [4.69, 9.17) is 11.6 Å². The fourth-order valence-electron chi connectivity index (χ4n) is 3.56. The highest BCUT2D eigenvalue weighted by Crippen LogP contribution is 2.31. The van der Waals surface area contributed by atoms with Gasteiger partial charge in [0.15, 0.2) is 0 Å². The molecule has 1 unspecified atom stereocenters. The normalized spacial score (nSPS) is 20.1. The van der Waals surface area contributed by atoms with Crippen molar-refractivity contribution in [3.63, 3.8) is 0 Å². The fraction of sp³-hybridized carbons (Fsp3) is 0.500. The maximum atomic E-state index is 13.1. The van der Waals surface area contributed by atoms with E-state index in [2.05, 4.69) is 10.6 Å². The Morgan fingerprint density at radius 1 is 1.33 bits per heavy atom. The van der Waals surface area contributed by atoms with Crippen molar-refractivity contribution in [2.45, 2.75) is 11.3 Å². The molecule has 0 aliphatic carbocycles. The molecule has 2 heterocycles. The van der Waals surface area contributed by atoms with Gasteiger partial charge in [-0.25, -0.2) is 13.2 Å². The minimum Gasteiger partial charge on any atom is -0.329 e. The van der Waals surface area contributed by atoms with Gasteiger partial charge in [-0.1, -0.05) is 11.6 Å². The quantitative estimate of drug-likeness (QED) is 0.572. The molecule has 0 bridgehead atoms. The minimum atomic E-state index is -3.83. The molecular weight excluding hydrogens is 434 g/mol. The molecule has 1 aromatic carbocycles. The smallest absolute Gasteiger partial charge is 0.325 e. The van der Waals surface area contributed by atoms with Crippen LogP contribution in [0.4, 0.5) is 10.5 Å². The number of nitrogens with one attached hydrogen (secondary N) is 2. The number of benzene rings is 1. The zero-order valence-electron chi connectivity index (χ0n) is 16.7. The molecule has 2 aliphatic rings. The first-order chi connectivity index (χ1) is 14.1. The second kappa shape index (κ2) is 8.88. The Morgan fingerprint density at radius 3 is 2.70 bits per heavy atom. The molecule has 2 N–H and O–H groups in total. The molecule has 3 rings (SSSR count). The summed E-state index contributed by atoms with van der Waals surface area (Å²) < 4.78 is 27.6. The van der Waals surface area contributed by atoms with Crippen molar-refractivity contribution in [2.24, 2.45) is 5.92 Å². The Balaban J connectivity index is 1.72. The van der Waals surface area contributed by atoms with Crippen LogP contribution in [-0.4, -0.2) is 87.2 Å². The van der Waals surface area contributed by atoms with Crippen molar-refractivity contribution < 1.29 is 22.8 Å². The van der Waals surface area contributed by atoms with Crippen LogP contribution in [0.1, 0.15) is 6.42 Å². The standard InChI is InChI=1S/C18H24ClN5O5S/c1-22(2)9-12-5-6-23(10-12)30(28,29)15-7-13(3-4-14(15)19)21-16(25)11-24-17(26)8-20-18(24)27/h3-4,7,12H,5-6,8-11H2,1-2H3,(H,20,27)(H,21,25). The van der Waals surface area contributed by atoms with Crippen LogP contribution in [0.25, 0.3) is 0 Å². The predicted octanol–water partition coefficient (Wildman–Crippen LogP) is 0.403. The number of urea groups is 1. The number of nitrogens with zero attached hydrogens (tertiary/aromatic N) is 3. The van der Waals surface area contributed by atoms with E-state index >= 15 is 0 Å². The summed E-state index contributed by atoms with van der Waals surface area (Å²) in [5.41, 5.74) is 0.207. The fourth-order valence-corrected chi connectivity index (χ4v) is 5.59. The predicted molar refractivity (Wildman–Crippen MR) is 111 cm³/mol. The van der Waals surface area contributed by atoms with Gasteiger partial charge in [0.05, 0.1) is 11.6 Å². The summed E-state index contributed by atoms with van der Waals surface area (Å²) >= 11 is 6.16. The van der Waals surface area contributed by atoms with Crippen molar-refractivity contribution in [3.8, 4) is 0 Å². The Kier molecular flexibility index (Phi) is 6.65. The monoisotopic (exact) mass is 457 g/mol. The highest BCUT2D eigenvalue weighted by atomic mass is 35.5. The topological polar surface area (TPSA) is 119 Å². The van der Waals surface area contributed by atoms with Gasteiger partial charge >= 0.3 is 6.03 Å². The molecule has 12 heteroatoms. The third kappa shape index (κ3) is 4.91. The van der Waals surface area contributed by atoms with E-state index in [9.17, 15) is 22.8 Å². The first-order valence-corrected chi connectivity index (χ1v) is 11.2. The highest BCUT2D eigenvalue weighted by Gasteiger charge is 2.34. The van der Waals surface area contributed by atoms with Crippen molar-refractivity contribution in [1.29, 1.82) is 0 Å². The number of sulfonamides is 1. The van der Waals surface area contributed by atoms with Crippen molar-refractivity contribution in [3.05, 3.63) is 23.2 Å². The summed E-state index contributed by atoms with van der Waals surface area (Å²) in [4.78, 5) is 38.1. The van der Waals surface area contributed by atoms with Crippen LogP contribution in [-0.2, 0) is 19.6 Å². The van der Waals surface area contributed by atoms with Crippen LogP contribution in [0.5, 0.6) is 0 Å². The van der Waals surface area contributed by atoms with Gasteiger partial charge in [-0.05, 0) is 44.6 Å². The van der Waals surface area contributed by atoms with Gasteiger partial charge < -0.3 is 15.5 Å². The zero-order valence-corrected chi connectivity index (χ0v) is 18.3. The molecule has 10 nitrogen and oxygen atoms in total. The Bertz CT molecular complexity index is 952.